The second-order valence-corrected chi connectivity index (χ2v) is 5.69. The first-order valence-corrected chi connectivity index (χ1v) is 7.13. The van der Waals surface area contributed by atoms with Gasteiger partial charge in [0.05, 0.1) is 13.2 Å². The molecule has 106 valence electrons. The highest BCUT2D eigenvalue weighted by molar-refractivity contribution is 5.45. The van der Waals surface area contributed by atoms with Crippen LogP contribution in [-0.2, 0) is 4.74 Å². The van der Waals surface area contributed by atoms with Crippen molar-refractivity contribution in [3.05, 3.63) is 33.9 Å². The lowest BCUT2D eigenvalue weighted by molar-refractivity contribution is 0.0352. The summed E-state index contributed by atoms with van der Waals surface area (Å²) in [4.78, 5) is 2.41. The molecule has 0 amide bonds. The van der Waals surface area contributed by atoms with Gasteiger partial charge in [-0.25, -0.2) is 0 Å². The Kier molecular flexibility index (Phi) is 4.61. The monoisotopic (exact) mass is 262 g/mol. The van der Waals surface area contributed by atoms with Crippen molar-refractivity contribution in [2.45, 2.75) is 33.7 Å². The van der Waals surface area contributed by atoms with Gasteiger partial charge in [-0.2, -0.15) is 0 Å². The SMILES string of the molecule is Cc1cc(C)c(C)c(C(N)CN2CCOCC2)c1C. The minimum atomic E-state index is 0.0942. The number of benzene rings is 1. The zero-order valence-corrected chi connectivity index (χ0v) is 12.6. The molecule has 2 rings (SSSR count). The van der Waals surface area contributed by atoms with Gasteiger partial charge in [0.1, 0.15) is 0 Å². The summed E-state index contributed by atoms with van der Waals surface area (Å²) in [6.45, 7) is 13.3. The van der Waals surface area contributed by atoms with Crippen LogP contribution in [0.15, 0.2) is 6.07 Å². The summed E-state index contributed by atoms with van der Waals surface area (Å²) in [7, 11) is 0. The molecule has 1 fully saturated rings. The number of rotatable bonds is 3. The van der Waals surface area contributed by atoms with E-state index in [1.54, 1.807) is 0 Å². The van der Waals surface area contributed by atoms with Crippen LogP contribution in [0.3, 0.4) is 0 Å². The van der Waals surface area contributed by atoms with E-state index >= 15 is 0 Å². The van der Waals surface area contributed by atoms with Crippen LogP contribution in [0.4, 0.5) is 0 Å². The first-order chi connectivity index (χ1) is 9.00. The van der Waals surface area contributed by atoms with E-state index in [1.165, 1.54) is 27.8 Å². The average Bonchev–Trinajstić information content (AvgIpc) is 2.38. The summed E-state index contributed by atoms with van der Waals surface area (Å²) >= 11 is 0. The average molecular weight is 262 g/mol. The Labute approximate surface area is 116 Å². The molecular weight excluding hydrogens is 236 g/mol. The summed E-state index contributed by atoms with van der Waals surface area (Å²) in [6.07, 6.45) is 0. The molecule has 1 aliphatic rings. The quantitative estimate of drug-likeness (QED) is 0.908. The number of aryl methyl sites for hydroxylation is 2. The third kappa shape index (κ3) is 3.16. The molecular formula is C16H26N2O. The molecule has 0 bridgehead atoms. The van der Waals surface area contributed by atoms with E-state index in [-0.39, 0.29) is 6.04 Å². The van der Waals surface area contributed by atoms with Crippen LogP contribution in [0.25, 0.3) is 0 Å². The summed E-state index contributed by atoms with van der Waals surface area (Å²) in [5, 5.41) is 0. The maximum Gasteiger partial charge on any atom is 0.0594 e. The van der Waals surface area contributed by atoms with Crippen LogP contribution >= 0.6 is 0 Å². The predicted molar refractivity (Wildman–Crippen MR) is 79.6 cm³/mol. The molecule has 2 N–H and O–H groups in total. The molecule has 0 radical (unpaired) electrons. The molecule has 1 heterocycles. The molecule has 1 atom stereocenters. The molecule has 3 heteroatoms. The van der Waals surface area contributed by atoms with E-state index in [1.807, 2.05) is 0 Å². The number of morpholine rings is 1. The van der Waals surface area contributed by atoms with Gasteiger partial charge in [0.15, 0.2) is 0 Å². The molecule has 0 aliphatic carbocycles. The van der Waals surface area contributed by atoms with E-state index in [9.17, 15) is 0 Å². The minimum Gasteiger partial charge on any atom is -0.379 e. The number of hydrogen-bond donors (Lipinski definition) is 1. The number of nitrogens with zero attached hydrogens (tertiary/aromatic N) is 1. The molecule has 1 aromatic carbocycles. The molecule has 1 unspecified atom stereocenters. The Bertz CT molecular complexity index is 424. The Morgan fingerprint density at radius 1 is 1.11 bits per heavy atom. The standard InChI is InChI=1S/C16H26N2O/c1-11-9-12(2)14(4)16(13(11)3)15(17)10-18-5-7-19-8-6-18/h9,15H,5-8,10,17H2,1-4H3. The normalized spacial score (nSPS) is 18.6. The highest BCUT2D eigenvalue weighted by atomic mass is 16.5. The van der Waals surface area contributed by atoms with Crippen LogP contribution in [0.1, 0.15) is 33.9 Å². The van der Waals surface area contributed by atoms with Crippen molar-refractivity contribution >= 4 is 0 Å². The van der Waals surface area contributed by atoms with E-state index in [2.05, 4.69) is 38.7 Å². The Balaban J connectivity index is 2.20. The Morgan fingerprint density at radius 2 is 1.63 bits per heavy atom. The fourth-order valence-electron chi connectivity index (χ4n) is 2.96. The zero-order valence-electron chi connectivity index (χ0n) is 12.6. The maximum absolute atomic E-state index is 6.48. The predicted octanol–water partition coefficient (Wildman–Crippen LogP) is 2.25. The largest absolute Gasteiger partial charge is 0.379 e. The summed E-state index contributed by atoms with van der Waals surface area (Å²) in [5.41, 5.74) is 13.2. The van der Waals surface area contributed by atoms with Crippen molar-refractivity contribution < 1.29 is 4.74 Å². The van der Waals surface area contributed by atoms with Crippen LogP contribution < -0.4 is 5.73 Å². The van der Waals surface area contributed by atoms with Crippen LogP contribution in [0.5, 0.6) is 0 Å². The summed E-state index contributed by atoms with van der Waals surface area (Å²) in [6, 6.07) is 2.35. The van der Waals surface area contributed by atoms with Crippen molar-refractivity contribution in [1.29, 1.82) is 0 Å². The van der Waals surface area contributed by atoms with Gasteiger partial charge in [-0.15, -0.1) is 0 Å². The smallest absolute Gasteiger partial charge is 0.0594 e. The molecule has 1 saturated heterocycles. The van der Waals surface area contributed by atoms with E-state index < -0.39 is 0 Å². The molecule has 0 saturated carbocycles. The van der Waals surface area contributed by atoms with Crippen molar-refractivity contribution in [2.24, 2.45) is 5.73 Å². The van der Waals surface area contributed by atoms with E-state index in [4.69, 9.17) is 10.5 Å². The van der Waals surface area contributed by atoms with Crippen LogP contribution in [0.2, 0.25) is 0 Å². The lowest BCUT2D eigenvalue weighted by Crippen LogP contribution is -2.40. The maximum atomic E-state index is 6.48. The van der Waals surface area contributed by atoms with Gasteiger partial charge < -0.3 is 10.5 Å². The summed E-state index contributed by atoms with van der Waals surface area (Å²) in [5.74, 6) is 0. The van der Waals surface area contributed by atoms with Gasteiger partial charge in [-0.05, 0) is 55.5 Å². The zero-order chi connectivity index (χ0) is 14.0. The lowest BCUT2D eigenvalue weighted by Gasteiger charge is -2.30. The third-order valence-corrected chi connectivity index (χ3v) is 4.35. The van der Waals surface area contributed by atoms with Gasteiger partial charge in [-0.1, -0.05) is 6.07 Å². The first kappa shape index (κ1) is 14.5. The lowest BCUT2D eigenvalue weighted by atomic mass is 9.90. The fraction of sp³-hybridized carbons (Fsp3) is 0.625. The second kappa shape index (κ2) is 6.04. The Hall–Kier alpha value is -0.900. The van der Waals surface area contributed by atoms with Crippen molar-refractivity contribution in [2.75, 3.05) is 32.8 Å². The van der Waals surface area contributed by atoms with E-state index in [0.29, 0.717) is 0 Å². The molecule has 19 heavy (non-hydrogen) atoms. The minimum absolute atomic E-state index is 0.0942. The third-order valence-electron chi connectivity index (χ3n) is 4.35. The second-order valence-electron chi connectivity index (χ2n) is 5.69. The van der Waals surface area contributed by atoms with Crippen molar-refractivity contribution in [3.8, 4) is 0 Å². The van der Waals surface area contributed by atoms with Gasteiger partial charge in [0.25, 0.3) is 0 Å². The number of ether oxygens (including phenoxy) is 1. The highest BCUT2D eigenvalue weighted by Gasteiger charge is 2.19. The summed E-state index contributed by atoms with van der Waals surface area (Å²) < 4.78 is 5.39. The van der Waals surface area contributed by atoms with Crippen molar-refractivity contribution in [3.63, 3.8) is 0 Å². The van der Waals surface area contributed by atoms with Crippen LogP contribution in [-0.4, -0.2) is 37.7 Å². The van der Waals surface area contributed by atoms with E-state index in [0.717, 1.165) is 32.8 Å². The van der Waals surface area contributed by atoms with Crippen LogP contribution in [0, 0.1) is 27.7 Å². The molecule has 0 aromatic heterocycles. The number of nitrogens with two attached hydrogens (primary N) is 1. The van der Waals surface area contributed by atoms with Gasteiger partial charge in [0.2, 0.25) is 0 Å². The van der Waals surface area contributed by atoms with Gasteiger partial charge in [-0.3, -0.25) is 4.90 Å². The topological polar surface area (TPSA) is 38.5 Å². The first-order valence-electron chi connectivity index (χ1n) is 7.13. The molecule has 1 aromatic rings. The molecule has 0 spiro atoms. The highest BCUT2D eigenvalue weighted by Crippen LogP contribution is 2.26. The Morgan fingerprint density at radius 3 is 2.16 bits per heavy atom. The van der Waals surface area contributed by atoms with Crippen molar-refractivity contribution in [1.82, 2.24) is 4.90 Å². The molecule has 1 aliphatic heterocycles. The number of hydrogen-bond acceptors (Lipinski definition) is 3. The van der Waals surface area contributed by atoms with Gasteiger partial charge >= 0.3 is 0 Å². The fourth-order valence-corrected chi connectivity index (χ4v) is 2.96. The molecule has 3 nitrogen and oxygen atoms in total. The van der Waals surface area contributed by atoms with Gasteiger partial charge in [0, 0.05) is 25.7 Å².